The van der Waals surface area contributed by atoms with Crippen LogP contribution in [0.4, 0.5) is 0 Å². The topological polar surface area (TPSA) is 52.1 Å². The minimum absolute atomic E-state index is 0.104. The first-order valence-electron chi connectivity index (χ1n) is 9.67. The van der Waals surface area contributed by atoms with Crippen LogP contribution in [-0.2, 0) is 22.4 Å². The first-order chi connectivity index (χ1) is 12.6. The summed E-state index contributed by atoms with van der Waals surface area (Å²) in [5.41, 5.74) is 1.42. The number of carbonyl (C=O) groups is 1. The zero-order chi connectivity index (χ0) is 18.1. The maximum Gasteiger partial charge on any atom is 0.316 e. The van der Waals surface area contributed by atoms with Gasteiger partial charge in [-0.15, -0.1) is 11.3 Å². The van der Waals surface area contributed by atoms with Gasteiger partial charge in [0.05, 0.1) is 5.75 Å². The Labute approximate surface area is 163 Å². The molecule has 1 saturated carbocycles. The van der Waals surface area contributed by atoms with E-state index >= 15 is 0 Å². The third-order valence-corrected chi connectivity index (χ3v) is 7.70. The zero-order valence-electron chi connectivity index (χ0n) is 15.5. The van der Waals surface area contributed by atoms with Crippen molar-refractivity contribution in [1.29, 1.82) is 0 Å². The van der Waals surface area contributed by atoms with Gasteiger partial charge in [0.25, 0.3) is 0 Å². The van der Waals surface area contributed by atoms with Gasteiger partial charge in [0.1, 0.15) is 22.3 Å². The molecule has 2 aliphatic rings. The first kappa shape index (κ1) is 18.2. The summed E-state index contributed by atoms with van der Waals surface area (Å²) in [6.07, 6.45) is 9.63. The summed E-state index contributed by atoms with van der Waals surface area (Å²) in [5, 5.41) is 2.12. The van der Waals surface area contributed by atoms with Gasteiger partial charge in [-0.05, 0) is 55.9 Å². The monoisotopic (exact) mass is 390 g/mol. The third kappa shape index (κ3) is 3.91. The number of hydrogen-bond acceptors (Lipinski definition) is 6. The summed E-state index contributed by atoms with van der Waals surface area (Å²) in [6, 6.07) is 0. The smallest absolute Gasteiger partial charge is 0.316 e. The molecule has 0 N–H and O–H groups in total. The Morgan fingerprint density at radius 3 is 3.00 bits per heavy atom. The van der Waals surface area contributed by atoms with Gasteiger partial charge >= 0.3 is 5.97 Å². The van der Waals surface area contributed by atoms with Crippen LogP contribution in [-0.4, -0.2) is 27.8 Å². The van der Waals surface area contributed by atoms with Gasteiger partial charge in [0, 0.05) is 10.3 Å². The van der Waals surface area contributed by atoms with Crippen LogP contribution >= 0.6 is 23.1 Å². The summed E-state index contributed by atoms with van der Waals surface area (Å²) >= 11 is 3.31. The minimum Gasteiger partial charge on any atom is -0.462 e. The molecule has 0 spiro atoms. The van der Waals surface area contributed by atoms with E-state index in [9.17, 15) is 4.79 Å². The standard InChI is InChI=1S/C20H26N2O2S2/c1-12-4-3-5-14(8-12)24-17(23)10-25-19-18-15-7-6-13(2)9-16(15)26-20(18)22-11-21-19/h11-14H,3-10H2,1-2H3/t12-,13+,14-/m0/s1. The molecule has 0 saturated heterocycles. The number of carbonyl (C=O) groups excluding carboxylic acids is 1. The van der Waals surface area contributed by atoms with E-state index in [4.69, 9.17) is 4.74 Å². The highest BCUT2D eigenvalue weighted by Gasteiger charge is 2.25. The average molecular weight is 391 g/mol. The molecule has 0 radical (unpaired) electrons. The van der Waals surface area contributed by atoms with Crippen molar-refractivity contribution in [3.63, 3.8) is 0 Å². The van der Waals surface area contributed by atoms with Gasteiger partial charge in [-0.3, -0.25) is 4.79 Å². The van der Waals surface area contributed by atoms with Crippen LogP contribution in [0, 0.1) is 11.8 Å². The highest BCUT2D eigenvalue weighted by atomic mass is 32.2. The molecular weight excluding hydrogens is 364 g/mol. The predicted molar refractivity (Wildman–Crippen MR) is 107 cm³/mol. The van der Waals surface area contributed by atoms with E-state index < -0.39 is 0 Å². The lowest BCUT2D eigenvalue weighted by Gasteiger charge is -2.26. The third-order valence-electron chi connectivity index (χ3n) is 5.57. The molecule has 3 atom stereocenters. The molecule has 4 rings (SSSR count). The number of esters is 1. The highest BCUT2D eigenvalue weighted by molar-refractivity contribution is 8.00. The summed E-state index contributed by atoms with van der Waals surface area (Å²) in [5.74, 6) is 1.62. The number of aromatic nitrogens is 2. The largest absolute Gasteiger partial charge is 0.462 e. The molecule has 0 aromatic carbocycles. The lowest BCUT2D eigenvalue weighted by Crippen LogP contribution is -2.25. The lowest BCUT2D eigenvalue weighted by atomic mass is 9.89. The molecule has 2 aliphatic carbocycles. The SMILES string of the molecule is C[C@@H]1CCc2c(sc3ncnc(SCC(=O)O[C@H]4CCC[C@H](C)C4)c23)C1. The molecule has 2 aromatic heterocycles. The van der Waals surface area contributed by atoms with Crippen molar-refractivity contribution >= 4 is 39.3 Å². The molecule has 26 heavy (non-hydrogen) atoms. The fraction of sp³-hybridized carbons (Fsp3) is 0.650. The molecule has 0 unspecified atom stereocenters. The second-order valence-electron chi connectivity index (χ2n) is 7.88. The van der Waals surface area contributed by atoms with Crippen molar-refractivity contribution in [3.8, 4) is 0 Å². The molecular formula is C20H26N2O2S2. The van der Waals surface area contributed by atoms with Crippen LogP contribution in [0.2, 0.25) is 0 Å². The molecule has 6 heteroatoms. The Morgan fingerprint density at radius 1 is 1.27 bits per heavy atom. The number of aryl methyl sites for hydroxylation is 1. The summed E-state index contributed by atoms with van der Waals surface area (Å²) in [7, 11) is 0. The number of rotatable bonds is 4. The van der Waals surface area contributed by atoms with E-state index in [1.54, 1.807) is 17.7 Å². The number of nitrogens with zero attached hydrogens (tertiary/aromatic N) is 2. The van der Waals surface area contributed by atoms with Crippen molar-refractivity contribution in [1.82, 2.24) is 9.97 Å². The van der Waals surface area contributed by atoms with Crippen LogP contribution in [0.15, 0.2) is 11.4 Å². The summed E-state index contributed by atoms with van der Waals surface area (Å²) < 4.78 is 5.70. The Hall–Kier alpha value is -1.14. The molecule has 140 valence electrons. The number of fused-ring (bicyclic) bond motifs is 3. The minimum atomic E-state index is -0.112. The maximum absolute atomic E-state index is 12.3. The number of hydrogen-bond donors (Lipinski definition) is 0. The summed E-state index contributed by atoms with van der Waals surface area (Å²) in [4.78, 5) is 23.8. The van der Waals surface area contributed by atoms with Crippen molar-refractivity contribution in [2.24, 2.45) is 11.8 Å². The zero-order valence-corrected chi connectivity index (χ0v) is 17.1. The normalized spacial score (nSPS) is 25.8. The maximum atomic E-state index is 12.3. The van der Waals surface area contributed by atoms with E-state index in [0.29, 0.717) is 11.7 Å². The van der Waals surface area contributed by atoms with Crippen molar-refractivity contribution in [2.75, 3.05) is 5.75 Å². The molecule has 4 nitrogen and oxygen atoms in total. The van der Waals surface area contributed by atoms with Crippen LogP contribution in [0.1, 0.15) is 56.4 Å². The van der Waals surface area contributed by atoms with Gasteiger partial charge in [-0.1, -0.05) is 32.0 Å². The number of thiophene rings is 1. The quantitative estimate of drug-likeness (QED) is 0.416. The van der Waals surface area contributed by atoms with Crippen molar-refractivity contribution in [2.45, 2.75) is 69.9 Å². The fourth-order valence-corrected chi connectivity index (χ4v) is 6.41. The number of thioether (sulfide) groups is 1. The highest BCUT2D eigenvalue weighted by Crippen LogP contribution is 2.40. The Balaban J connectivity index is 1.45. The van der Waals surface area contributed by atoms with Crippen molar-refractivity contribution < 1.29 is 9.53 Å². The van der Waals surface area contributed by atoms with E-state index in [2.05, 4.69) is 23.8 Å². The van der Waals surface area contributed by atoms with Crippen molar-refractivity contribution in [3.05, 3.63) is 16.8 Å². The molecule has 2 heterocycles. The van der Waals surface area contributed by atoms with E-state index in [1.807, 2.05) is 0 Å². The van der Waals surface area contributed by atoms with Crippen LogP contribution < -0.4 is 0 Å². The first-order valence-corrected chi connectivity index (χ1v) is 11.5. The van der Waals surface area contributed by atoms with Gasteiger partial charge in [0.15, 0.2) is 0 Å². The van der Waals surface area contributed by atoms with Gasteiger partial charge < -0.3 is 4.74 Å². The van der Waals surface area contributed by atoms with Gasteiger partial charge in [-0.25, -0.2) is 9.97 Å². The average Bonchev–Trinajstić information content (AvgIpc) is 2.98. The van der Waals surface area contributed by atoms with E-state index in [0.717, 1.165) is 47.9 Å². The van der Waals surface area contributed by atoms with Gasteiger partial charge in [-0.2, -0.15) is 0 Å². The lowest BCUT2D eigenvalue weighted by molar-refractivity contribution is -0.147. The Kier molecular flexibility index (Phi) is 5.50. The second kappa shape index (κ2) is 7.85. The van der Waals surface area contributed by atoms with E-state index in [-0.39, 0.29) is 12.1 Å². The Morgan fingerprint density at radius 2 is 2.15 bits per heavy atom. The summed E-state index contributed by atoms with van der Waals surface area (Å²) in [6.45, 7) is 4.56. The van der Waals surface area contributed by atoms with Crippen LogP contribution in [0.5, 0.6) is 0 Å². The molecule has 0 amide bonds. The number of ether oxygens (including phenoxy) is 1. The second-order valence-corrected chi connectivity index (χ2v) is 9.93. The molecule has 0 bridgehead atoms. The molecule has 1 fully saturated rings. The van der Waals surface area contributed by atoms with Crippen LogP contribution in [0.25, 0.3) is 10.2 Å². The van der Waals surface area contributed by atoms with Crippen LogP contribution in [0.3, 0.4) is 0 Å². The molecule has 2 aromatic rings. The fourth-order valence-electron chi connectivity index (χ4n) is 4.19. The predicted octanol–water partition coefficient (Wildman–Crippen LogP) is 5.03. The Bertz CT molecular complexity index is 804. The van der Waals surface area contributed by atoms with Gasteiger partial charge in [0.2, 0.25) is 0 Å². The molecule has 0 aliphatic heterocycles. The van der Waals surface area contributed by atoms with E-state index in [1.165, 1.54) is 40.4 Å².